The number of carbonyl (C=O) groups is 1. The summed E-state index contributed by atoms with van der Waals surface area (Å²) in [5, 5.41) is 0. The van der Waals surface area contributed by atoms with Crippen molar-refractivity contribution in [2.45, 2.75) is 40.2 Å². The SMILES string of the molecule is CC(C)[C@H](CN)C(=O)OC(C)(C)C. The van der Waals surface area contributed by atoms with Crippen molar-refractivity contribution in [1.82, 2.24) is 0 Å². The van der Waals surface area contributed by atoms with Gasteiger partial charge in [0.25, 0.3) is 0 Å². The summed E-state index contributed by atoms with van der Waals surface area (Å²) in [6.45, 7) is 9.88. The molecule has 0 aromatic rings. The highest BCUT2D eigenvalue weighted by Crippen LogP contribution is 2.16. The summed E-state index contributed by atoms with van der Waals surface area (Å²) < 4.78 is 5.23. The Bertz CT molecular complexity index is 170. The average molecular weight is 187 g/mol. The van der Waals surface area contributed by atoms with E-state index < -0.39 is 5.60 Å². The summed E-state index contributed by atoms with van der Waals surface area (Å²) in [5.41, 5.74) is 5.08. The second-order valence-electron chi connectivity index (χ2n) is 4.62. The number of carbonyl (C=O) groups excluding carboxylic acids is 1. The Morgan fingerprint density at radius 1 is 1.38 bits per heavy atom. The van der Waals surface area contributed by atoms with Crippen LogP contribution in [0, 0.1) is 11.8 Å². The zero-order chi connectivity index (χ0) is 10.6. The third-order valence-electron chi connectivity index (χ3n) is 1.77. The molecule has 0 fully saturated rings. The van der Waals surface area contributed by atoms with Crippen molar-refractivity contribution in [3.05, 3.63) is 0 Å². The first-order chi connectivity index (χ1) is 5.78. The summed E-state index contributed by atoms with van der Waals surface area (Å²) >= 11 is 0. The van der Waals surface area contributed by atoms with Gasteiger partial charge in [-0.1, -0.05) is 13.8 Å². The Hall–Kier alpha value is -0.570. The lowest BCUT2D eigenvalue weighted by Crippen LogP contribution is -2.35. The minimum Gasteiger partial charge on any atom is -0.460 e. The first-order valence-electron chi connectivity index (χ1n) is 4.71. The van der Waals surface area contributed by atoms with Crippen molar-refractivity contribution in [1.29, 1.82) is 0 Å². The molecule has 0 aromatic carbocycles. The third kappa shape index (κ3) is 4.88. The standard InChI is InChI=1S/C10H21NO2/c1-7(2)8(6-11)9(12)13-10(3,4)5/h7-8H,6,11H2,1-5H3/t8-/m0/s1. The predicted molar refractivity (Wildman–Crippen MR) is 53.2 cm³/mol. The minimum atomic E-state index is -0.417. The first kappa shape index (κ1) is 12.4. The van der Waals surface area contributed by atoms with Crippen molar-refractivity contribution >= 4 is 5.97 Å². The molecule has 0 spiro atoms. The molecule has 0 saturated heterocycles. The molecule has 0 radical (unpaired) electrons. The maximum Gasteiger partial charge on any atom is 0.310 e. The van der Waals surface area contributed by atoms with E-state index in [1.807, 2.05) is 34.6 Å². The van der Waals surface area contributed by atoms with Gasteiger partial charge in [0.15, 0.2) is 0 Å². The fourth-order valence-corrected chi connectivity index (χ4v) is 1.02. The van der Waals surface area contributed by atoms with E-state index >= 15 is 0 Å². The smallest absolute Gasteiger partial charge is 0.310 e. The lowest BCUT2D eigenvalue weighted by Gasteiger charge is -2.24. The van der Waals surface area contributed by atoms with Gasteiger partial charge in [0.1, 0.15) is 5.60 Å². The molecule has 0 unspecified atom stereocenters. The molecule has 13 heavy (non-hydrogen) atoms. The molecule has 2 N–H and O–H groups in total. The second kappa shape index (κ2) is 4.61. The topological polar surface area (TPSA) is 52.3 Å². The molecule has 0 bridgehead atoms. The van der Waals surface area contributed by atoms with Crippen LogP contribution in [0.25, 0.3) is 0 Å². The van der Waals surface area contributed by atoms with Gasteiger partial charge in [0.05, 0.1) is 5.92 Å². The van der Waals surface area contributed by atoms with Crippen LogP contribution >= 0.6 is 0 Å². The molecule has 1 atom stereocenters. The highest BCUT2D eigenvalue weighted by atomic mass is 16.6. The van der Waals surface area contributed by atoms with E-state index in [9.17, 15) is 4.79 Å². The Kier molecular flexibility index (Phi) is 4.40. The summed E-state index contributed by atoms with van der Waals surface area (Å²) in [6.07, 6.45) is 0. The van der Waals surface area contributed by atoms with Crippen LogP contribution in [0.3, 0.4) is 0 Å². The Morgan fingerprint density at radius 3 is 2.08 bits per heavy atom. The van der Waals surface area contributed by atoms with Crippen LogP contribution in [0.5, 0.6) is 0 Å². The van der Waals surface area contributed by atoms with Crippen molar-refractivity contribution in [3.63, 3.8) is 0 Å². The lowest BCUT2D eigenvalue weighted by molar-refractivity contribution is -0.161. The highest BCUT2D eigenvalue weighted by molar-refractivity contribution is 5.73. The number of ether oxygens (including phenoxy) is 1. The van der Waals surface area contributed by atoms with E-state index in [0.717, 1.165) is 0 Å². The number of rotatable bonds is 3. The van der Waals surface area contributed by atoms with E-state index in [0.29, 0.717) is 6.54 Å². The van der Waals surface area contributed by atoms with Crippen molar-refractivity contribution in [2.75, 3.05) is 6.54 Å². The van der Waals surface area contributed by atoms with Gasteiger partial charge in [-0.2, -0.15) is 0 Å². The van der Waals surface area contributed by atoms with Gasteiger partial charge in [-0.3, -0.25) is 4.79 Å². The Labute approximate surface area is 80.6 Å². The summed E-state index contributed by atoms with van der Waals surface area (Å²) in [6, 6.07) is 0. The number of hydrogen-bond donors (Lipinski definition) is 1. The molecule has 0 heterocycles. The molecule has 3 heteroatoms. The van der Waals surface area contributed by atoms with Crippen LogP contribution in [0.4, 0.5) is 0 Å². The molecular formula is C10H21NO2. The lowest BCUT2D eigenvalue weighted by atomic mass is 9.96. The Balaban J connectivity index is 4.23. The molecular weight excluding hydrogens is 166 g/mol. The van der Waals surface area contributed by atoms with Gasteiger partial charge in [-0.05, 0) is 26.7 Å². The van der Waals surface area contributed by atoms with E-state index in [2.05, 4.69) is 0 Å². The fourth-order valence-electron chi connectivity index (χ4n) is 1.02. The predicted octanol–water partition coefficient (Wildman–Crippen LogP) is 1.56. The molecule has 0 rings (SSSR count). The van der Waals surface area contributed by atoms with Gasteiger partial charge in [-0.15, -0.1) is 0 Å². The minimum absolute atomic E-state index is 0.181. The van der Waals surface area contributed by atoms with Crippen LogP contribution in [-0.2, 0) is 9.53 Å². The molecule has 0 aliphatic carbocycles. The quantitative estimate of drug-likeness (QED) is 0.682. The maximum absolute atomic E-state index is 11.5. The van der Waals surface area contributed by atoms with Crippen LogP contribution in [-0.4, -0.2) is 18.1 Å². The van der Waals surface area contributed by atoms with Crippen LogP contribution in [0.1, 0.15) is 34.6 Å². The monoisotopic (exact) mass is 187 g/mol. The molecule has 3 nitrogen and oxygen atoms in total. The molecule has 0 aliphatic heterocycles. The number of esters is 1. The molecule has 78 valence electrons. The zero-order valence-corrected chi connectivity index (χ0v) is 9.26. The van der Waals surface area contributed by atoms with Crippen molar-refractivity contribution in [3.8, 4) is 0 Å². The van der Waals surface area contributed by atoms with E-state index in [1.165, 1.54) is 0 Å². The van der Waals surface area contributed by atoms with Crippen LogP contribution in [0.15, 0.2) is 0 Å². The summed E-state index contributed by atoms with van der Waals surface area (Å²) in [5.74, 6) is -0.135. The van der Waals surface area contributed by atoms with E-state index in [1.54, 1.807) is 0 Å². The van der Waals surface area contributed by atoms with Crippen LogP contribution in [0.2, 0.25) is 0 Å². The summed E-state index contributed by atoms with van der Waals surface area (Å²) in [7, 11) is 0. The van der Waals surface area contributed by atoms with Gasteiger partial charge >= 0.3 is 5.97 Å². The van der Waals surface area contributed by atoms with Crippen LogP contribution < -0.4 is 5.73 Å². The molecule has 0 aromatic heterocycles. The van der Waals surface area contributed by atoms with Gasteiger partial charge in [0, 0.05) is 6.54 Å². The average Bonchev–Trinajstić information content (AvgIpc) is 1.82. The summed E-state index contributed by atoms with van der Waals surface area (Å²) in [4.78, 5) is 11.5. The number of hydrogen-bond acceptors (Lipinski definition) is 3. The van der Waals surface area contributed by atoms with Gasteiger partial charge in [-0.25, -0.2) is 0 Å². The second-order valence-corrected chi connectivity index (χ2v) is 4.62. The third-order valence-corrected chi connectivity index (χ3v) is 1.77. The largest absolute Gasteiger partial charge is 0.460 e. The molecule has 0 saturated carbocycles. The van der Waals surface area contributed by atoms with Gasteiger partial charge in [0.2, 0.25) is 0 Å². The van der Waals surface area contributed by atoms with Crippen molar-refractivity contribution < 1.29 is 9.53 Å². The maximum atomic E-state index is 11.5. The molecule has 0 amide bonds. The van der Waals surface area contributed by atoms with E-state index in [-0.39, 0.29) is 17.8 Å². The van der Waals surface area contributed by atoms with Gasteiger partial charge < -0.3 is 10.5 Å². The zero-order valence-electron chi connectivity index (χ0n) is 9.26. The number of nitrogens with two attached hydrogens (primary N) is 1. The fraction of sp³-hybridized carbons (Fsp3) is 0.900. The Morgan fingerprint density at radius 2 is 1.85 bits per heavy atom. The van der Waals surface area contributed by atoms with Crippen molar-refractivity contribution in [2.24, 2.45) is 17.6 Å². The first-order valence-corrected chi connectivity index (χ1v) is 4.71. The molecule has 0 aliphatic rings. The highest BCUT2D eigenvalue weighted by Gasteiger charge is 2.26. The van der Waals surface area contributed by atoms with E-state index in [4.69, 9.17) is 10.5 Å². The normalized spacial score (nSPS) is 14.4.